The molecule has 0 aliphatic carbocycles. The Labute approximate surface area is 127 Å². The molecule has 0 aliphatic rings. The van der Waals surface area contributed by atoms with Gasteiger partial charge in [-0.1, -0.05) is 59.6 Å². The van der Waals surface area contributed by atoms with Crippen LogP contribution < -0.4 is 4.74 Å². The molecule has 2 aromatic rings. The Morgan fingerprint density at radius 3 is 2.37 bits per heavy atom. The number of hydrogen-bond donors (Lipinski definition) is 0. The molecular weight excluding hydrogens is 324 g/mol. The standard InChI is InChI=1S/C16H16BrClO/c1-11(2)12-6-8-13(9-7-12)19-16-5-3-4-15(18)14(16)10-17/h3-9,11H,10H2,1-2H3. The first kappa shape index (κ1) is 14.4. The zero-order valence-electron chi connectivity index (χ0n) is 11.0. The van der Waals surface area contributed by atoms with Crippen LogP contribution >= 0.6 is 27.5 Å². The monoisotopic (exact) mass is 338 g/mol. The number of benzene rings is 2. The summed E-state index contributed by atoms with van der Waals surface area (Å²) in [6.07, 6.45) is 0. The fourth-order valence-electron chi connectivity index (χ4n) is 1.81. The fourth-order valence-corrected chi connectivity index (χ4v) is 2.78. The molecule has 0 atom stereocenters. The summed E-state index contributed by atoms with van der Waals surface area (Å²) in [6, 6.07) is 13.9. The Morgan fingerprint density at radius 1 is 1.11 bits per heavy atom. The zero-order chi connectivity index (χ0) is 13.8. The Hall–Kier alpha value is -0.990. The van der Waals surface area contributed by atoms with Crippen molar-refractivity contribution in [2.75, 3.05) is 0 Å². The molecule has 2 aromatic carbocycles. The molecule has 0 unspecified atom stereocenters. The van der Waals surface area contributed by atoms with Gasteiger partial charge in [0, 0.05) is 15.9 Å². The third-order valence-electron chi connectivity index (χ3n) is 2.98. The summed E-state index contributed by atoms with van der Waals surface area (Å²) in [5.74, 6) is 2.15. The first-order valence-corrected chi connectivity index (χ1v) is 7.73. The van der Waals surface area contributed by atoms with Gasteiger partial charge in [0.1, 0.15) is 11.5 Å². The molecule has 0 amide bonds. The van der Waals surface area contributed by atoms with Crippen molar-refractivity contribution in [2.24, 2.45) is 0 Å². The second kappa shape index (κ2) is 6.44. The molecule has 0 N–H and O–H groups in total. The summed E-state index contributed by atoms with van der Waals surface area (Å²) in [5, 5.41) is 1.39. The summed E-state index contributed by atoms with van der Waals surface area (Å²) < 4.78 is 5.90. The van der Waals surface area contributed by atoms with E-state index >= 15 is 0 Å². The fraction of sp³-hybridized carbons (Fsp3) is 0.250. The molecule has 100 valence electrons. The van der Waals surface area contributed by atoms with Gasteiger partial charge in [-0.15, -0.1) is 0 Å². The first-order valence-electron chi connectivity index (χ1n) is 6.23. The Balaban J connectivity index is 2.24. The Kier molecular flexibility index (Phi) is 4.89. The van der Waals surface area contributed by atoms with E-state index in [0.717, 1.165) is 17.1 Å². The van der Waals surface area contributed by atoms with Crippen molar-refractivity contribution in [3.05, 3.63) is 58.6 Å². The van der Waals surface area contributed by atoms with E-state index in [2.05, 4.69) is 41.9 Å². The zero-order valence-corrected chi connectivity index (χ0v) is 13.3. The molecule has 0 fully saturated rings. The predicted octanol–water partition coefficient (Wildman–Crippen LogP) is 6.15. The lowest BCUT2D eigenvalue weighted by Crippen LogP contribution is -1.91. The molecule has 0 saturated carbocycles. The van der Waals surface area contributed by atoms with Gasteiger partial charge in [-0.05, 0) is 35.7 Å². The lowest BCUT2D eigenvalue weighted by atomic mass is 10.0. The Morgan fingerprint density at radius 2 is 1.79 bits per heavy atom. The van der Waals surface area contributed by atoms with Crippen molar-refractivity contribution in [3.63, 3.8) is 0 Å². The first-order chi connectivity index (χ1) is 9.11. The molecule has 0 aliphatic heterocycles. The average molecular weight is 340 g/mol. The van der Waals surface area contributed by atoms with Gasteiger partial charge in [0.05, 0.1) is 0 Å². The average Bonchev–Trinajstić information content (AvgIpc) is 2.39. The van der Waals surface area contributed by atoms with Gasteiger partial charge in [0.2, 0.25) is 0 Å². The minimum absolute atomic E-state index is 0.526. The van der Waals surface area contributed by atoms with Crippen LogP contribution in [0.25, 0.3) is 0 Å². The SMILES string of the molecule is CC(C)c1ccc(Oc2cccc(Cl)c2CBr)cc1. The third-order valence-corrected chi connectivity index (χ3v) is 3.90. The normalized spacial score (nSPS) is 10.8. The molecule has 0 aromatic heterocycles. The minimum atomic E-state index is 0.526. The smallest absolute Gasteiger partial charge is 0.132 e. The quantitative estimate of drug-likeness (QED) is 0.607. The van der Waals surface area contributed by atoms with E-state index in [0.29, 0.717) is 16.3 Å². The Bertz CT molecular complexity index is 549. The van der Waals surface area contributed by atoms with Crippen molar-refractivity contribution in [3.8, 4) is 11.5 Å². The van der Waals surface area contributed by atoms with Gasteiger partial charge in [0.15, 0.2) is 0 Å². The molecule has 0 heterocycles. The van der Waals surface area contributed by atoms with Crippen LogP contribution in [0.4, 0.5) is 0 Å². The van der Waals surface area contributed by atoms with Crippen LogP contribution in [-0.4, -0.2) is 0 Å². The van der Waals surface area contributed by atoms with Crippen LogP contribution in [0.15, 0.2) is 42.5 Å². The molecule has 0 saturated heterocycles. The summed E-state index contributed by atoms with van der Waals surface area (Å²) in [4.78, 5) is 0. The van der Waals surface area contributed by atoms with Gasteiger partial charge in [-0.2, -0.15) is 0 Å². The van der Waals surface area contributed by atoms with Crippen molar-refractivity contribution in [1.82, 2.24) is 0 Å². The van der Waals surface area contributed by atoms with Crippen LogP contribution in [-0.2, 0) is 5.33 Å². The summed E-state index contributed by atoms with van der Waals surface area (Å²) >= 11 is 9.59. The van der Waals surface area contributed by atoms with Gasteiger partial charge < -0.3 is 4.74 Å². The second-order valence-electron chi connectivity index (χ2n) is 4.68. The van der Waals surface area contributed by atoms with Crippen LogP contribution in [0.2, 0.25) is 5.02 Å². The topological polar surface area (TPSA) is 9.23 Å². The van der Waals surface area contributed by atoms with Crippen molar-refractivity contribution in [2.45, 2.75) is 25.1 Å². The van der Waals surface area contributed by atoms with Crippen LogP contribution in [0.3, 0.4) is 0 Å². The maximum atomic E-state index is 6.15. The van der Waals surface area contributed by atoms with E-state index in [1.807, 2.05) is 30.3 Å². The number of halogens is 2. The van der Waals surface area contributed by atoms with E-state index in [4.69, 9.17) is 16.3 Å². The van der Waals surface area contributed by atoms with Crippen molar-refractivity contribution < 1.29 is 4.74 Å². The summed E-state index contributed by atoms with van der Waals surface area (Å²) in [6.45, 7) is 4.35. The van der Waals surface area contributed by atoms with Gasteiger partial charge in [-0.3, -0.25) is 0 Å². The van der Waals surface area contributed by atoms with Crippen LogP contribution in [0, 0.1) is 0 Å². The van der Waals surface area contributed by atoms with Crippen LogP contribution in [0.5, 0.6) is 11.5 Å². The predicted molar refractivity (Wildman–Crippen MR) is 84.7 cm³/mol. The highest BCUT2D eigenvalue weighted by molar-refractivity contribution is 9.08. The highest BCUT2D eigenvalue weighted by Gasteiger charge is 2.08. The molecule has 0 spiro atoms. The number of hydrogen-bond acceptors (Lipinski definition) is 1. The van der Waals surface area contributed by atoms with Crippen molar-refractivity contribution in [1.29, 1.82) is 0 Å². The molecule has 19 heavy (non-hydrogen) atoms. The van der Waals surface area contributed by atoms with Gasteiger partial charge in [-0.25, -0.2) is 0 Å². The lowest BCUT2D eigenvalue weighted by molar-refractivity contribution is 0.478. The highest BCUT2D eigenvalue weighted by atomic mass is 79.9. The molecule has 1 nitrogen and oxygen atoms in total. The molecular formula is C16H16BrClO. The van der Waals surface area contributed by atoms with Crippen LogP contribution in [0.1, 0.15) is 30.9 Å². The summed E-state index contributed by atoms with van der Waals surface area (Å²) in [5.41, 5.74) is 2.27. The number of alkyl halides is 1. The highest BCUT2D eigenvalue weighted by Crippen LogP contribution is 2.32. The number of rotatable bonds is 4. The van der Waals surface area contributed by atoms with E-state index in [1.54, 1.807) is 0 Å². The maximum Gasteiger partial charge on any atom is 0.132 e. The van der Waals surface area contributed by atoms with Crippen molar-refractivity contribution >= 4 is 27.5 Å². The summed E-state index contributed by atoms with van der Waals surface area (Å²) in [7, 11) is 0. The molecule has 3 heteroatoms. The lowest BCUT2D eigenvalue weighted by Gasteiger charge is -2.12. The van der Waals surface area contributed by atoms with E-state index in [-0.39, 0.29) is 0 Å². The third kappa shape index (κ3) is 3.52. The van der Waals surface area contributed by atoms with Gasteiger partial charge >= 0.3 is 0 Å². The molecule has 2 rings (SSSR count). The molecule has 0 radical (unpaired) electrons. The minimum Gasteiger partial charge on any atom is -0.457 e. The van der Waals surface area contributed by atoms with E-state index < -0.39 is 0 Å². The second-order valence-corrected chi connectivity index (χ2v) is 5.64. The van der Waals surface area contributed by atoms with Gasteiger partial charge in [0.25, 0.3) is 0 Å². The molecule has 0 bridgehead atoms. The van der Waals surface area contributed by atoms with E-state index in [9.17, 15) is 0 Å². The maximum absolute atomic E-state index is 6.15. The number of ether oxygens (including phenoxy) is 1. The van der Waals surface area contributed by atoms with E-state index in [1.165, 1.54) is 5.56 Å². The largest absolute Gasteiger partial charge is 0.457 e.